The summed E-state index contributed by atoms with van der Waals surface area (Å²) in [5, 5.41) is 0. The number of nitrogens with zero attached hydrogens (tertiary/aromatic N) is 2. The van der Waals surface area contributed by atoms with E-state index in [1.807, 2.05) is 24.3 Å². The molecule has 3 aromatic carbocycles. The maximum Gasteiger partial charge on any atom is 0.254 e. The zero-order valence-corrected chi connectivity index (χ0v) is 18.0. The SMILES string of the molecule is CN(Cc1cccc(CN(C)C(=O)c2ccccc2C=O)c1)C(=O)c1ccccc1C=O. The van der Waals surface area contributed by atoms with Crippen LogP contribution in [0.2, 0.25) is 0 Å². The van der Waals surface area contributed by atoms with Gasteiger partial charge in [0.25, 0.3) is 11.8 Å². The average Bonchev–Trinajstić information content (AvgIpc) is 2.83. The summed E-state index contributed by atoms with van der Waals surface area (Å²) in [6, 6.07) is 21.0. The standard InChI is InChI=1S/C26H24N2O4/c1-27(25(31)23-12-5-3-10-21(23)17-29)15-19-8-7-9-20(14-19)16-28(2)26(32)24-13-6-4-11-22(24)18-30/h3-14,17-18H,15-16H2,1-2H3. The summed E-state index contributed by atoms with van der Waals surface area (Å²) in [6.07, 6.45) is 1.36. The minimum absolute atomic E-state index is 0.240. The predicted molar refractivity (Wildman–Crippen MR) is 122 cm³/mol. The fourth-order valence-electron chi connectivity index (χ4n) is 3.52. The summed E-state index contributed by atoms with van der Waals surface area (Å²) in [4.78, 5) is 51.1. The number of hydrogen-bond donors (Lipinski definition) is 0. The zero-order valence-electron chi connectivity index (χ0n) is 18.0. The number of carbonyl (C=O) groups is 4. The molecule has 32 heavy (non-hydrogen) atoms. The summed E-state index contributed by atoms with van der Waals surface area (Å²) >= 11 is 0. The van der Waals surface area contributed by atoms with Crippen LogP contribution in [0, 0.1) is 0 Å². The van der Waals surface area contributed by atoms with E-state index in [2.05, 4.69) is 0 Å². The van der Waals surface area contributed by atoms with E-state index >= 15 is 0 Å². The van der Waals surface area contributed by atoms with Crippen molar-refractivity contribution in [2.24, 2.45) is 0 Å². The van der Waals surface area contributed by atoms with Crippen molar-refractivity contribution in [1.29, 1.82) is 0 Å². The van der Waals surface area contributed by atoms with Crippen molar-refractivity contribution < 1.29 is 19.2 Å². The molecular weight excluding hydrogens is 404 g/mol. The van der Waals surface area contributed by atoms with E-state index in [0.29, 0.717) is 47.9 Å². The van der Waals surface area contributed by atoms with Gasteiger partial charge in [-0.25, -0.2) is 0 Å². The quantitative estimate of drug-likeness (QED) is 0.511. The van der Waals surface area contributed by atoms with E-state index in [4.69, 9.17) is 0 Å². The molecule has 3 aromatic rings. The van der Waals surface area contributed by atoms with Gasteiger partial charge in [-0.1, -0.05) is 60.7 Å². The van der Waals surface area contributed by atoms with Crippen molar-refractivity contribution in [2.75, 3.05) is 14.1 Å². The molecule has 6 heteroatoms. The molecule has 0 heterocycles. The Morgan fingerprint density at radius 3 is 1.47 bits per heavy atom. The largest absolute Gasteiger partial charge is 0.337 e. The molecule has 0 saturated carbocycles. The molecular formula is C26H24N2O4. The van der Waals surface area contributed by atoms with Crippen LogP contribution in [0.4, 0.5) is 0 Å². The molecule has 0 atom stereocenters. The van der Waals surface area contributed by atoms with Crippen LogP contribution in [-0.4, -0.2) is 48.3 Å². The van der Waals surface area contributed by atoms with Gasteiger partial charge in [0.15, 0.2) is 12.6 Å². The molecule has 0 N–H and O–H groups in total. The van der Waals surface area contributed by atoms with Crippen LogP contribution in [0.25, 0.3) is 0 Å². The number of benzene rings is 3. The first-order valence-corrected chi connectivity index (χ1v) is 10.1. The highest BCUT2D eigenvalue weighted by Crippen LogP contribution is 2.15. The minimum Gasteiger partial charge on any atom is -0.337 e. The molecule has 0 radical (unpaired) electrons. The summed E-state index contributed by atoms with van der Waals surface area (Å²) < 4.78 is 0. The second kappa shape index (κ2) is 10.3. The summed E-state index contributed by atoms with van der Waals surface area (Å²) in [6.45, 7) is 0.705. The zero-order chi connectivity index (χ0) is 23.1. The Morgan fingerprint density at radius 1 is 0.656 bits per heavy atom. The third kappa shape index (κ3) is 5.16. The second-order valence-electron chi connectivity index (χ2n) is 7.55. The Hall–Kier alpha value is -4.06. The molecule has 0 aliphatic carbocycles. The van der Waals surface area contributed by atoms with Crippen LogP contribution < -0.4 is 0 Å². The molecule has 0 aliphatic rings. The maximum absolute atomic E-state index is 12.8. The van der Waals surface area contributed by atoms with Gasteiger partial charge in [-0.05, 0) is 23.3 Å². The number of rotatable bonds is 8. The molecule has 0 spiro atoms. The van der Waals surface area contributed by atoms with Crippen molar-refractivity contribution in [3.63, 3.8) is 0 Å². The summed E-state index contributed by atoms with van der Waals surface area (Å²) in [5.41, 5.74) is 3.23. The predicted octanol–water partition coefficient (Wildman–Crippen LogP) is 3.86. The van der Waals surface area contributed by atoms with E-state index in [-0.39, 0.29) is 11.8 Å². The number of hydrogen-bond acceptors (Lipinski definition) is 4. The highest BCUT2D eigenvalue weighted by Gasteiger charge is 2.17. The Bertz CT molecular complexity index is 1070. The van der Waals surface area contributed by atoms with E-state index in [9.17, 15) is 19.2 Å². The molecule has 6 nitrogen and oxygen atoms in total. The Morgan fingerprint density at radius 2 is 1.06 bits per heavy atom. The molecule has 0 unspecified atom stereocenters. The van der Waals surface area contributed by atoms with Crippen molar-refractivity contribution in [2.45, 2.75) is 13.1 Å². The van der Waals surface area contributed by atoms with Gasteiger partial charge in [-0.15, -0.1) is 0 Å². The molecule has 2 amide bonds. The Balaban J connectivity index is 1.71. The van der Waals surface area contributed by atoms with Crippen LogP contribution in [0.5, 0.6) is 0 Å². The van der Waals surface area contributed by atoms with Crippen molar-refractivity contribution in [3.8, 4) is 0 Å². The summed E-state index contributed by atoms with van der Waals surface area (Å²) in [5.74, 6) is -0.480. The van der Waals surface area contributed by atoms with Crippen molar-refractivity contribution >= 4 is 24.4 Å². The van der Waals surface area contributed by atoms with Gasteiger partial charge in [0.05, 0.1) is 11.1 Å². The molecule has 0 aromatic heterocycles. The van der Waals surface area contributed by atoms with Gasteiger partial charge in [-0.3, -0.25) is 19.2 Å². The Kier molecular flexibility index (Phi) is 7.29. The minimum atomic E-state index is -0.240. The molecule has 3 rings (SSSR count). The van der Waals surface area contributed by atoms with Gasteiger partial charge in [0.2, 0.25) is 0 Å². The third-order valence-electron chi connectivity index (χ3n) is 5.16. The highest BCUT2D eigenvalue weighted by molar-refractivity contribution is 6.02. The highest BCUT2D eigenvalue weighted by atomic mass is 16.2. The first-order chi connectivity index (χ1) is 15.4. The van der Waals surface area contributed by atoms with Gasteiger partial charge in [0, 0.05) is 38.3 Å². The first-order valence-electron chi connectivity index (χ1n) is 10.1. The lowest BCUT2D eigenvalue weighted by Crippen LogP contribution is -2.28. The van der Waals surface area contributed by atoms with Gasteiger partial charge < -0.3 is 9.80 Å². The average molecular weight is 428 g/mol. The van der Waals surface area contributed by atoms with E-state index in [1.165, 1.54) is 0 Å². The summed E-state index contributed by atoms with van der Waals surface area (Å²) in [7, 11) is 3.37. The van der Waals surface area contributed by atoms with Crippen molar-refractivity contribution in [3.05, 3.63) is 106 Å². The molecule has 0 bridgehead atoms. The lowest BCUT2D eigenvalue weighted by Gasteiger charge is -2.20. The Labute approximate surface area is 187 Å². The van der Waals surface area contributed by atoms with E-state index < -0.39 is 0 Å². The normalized spacial score (nSPS) is 10.3. The van der Waals surface area contributed by atoms with Crippen LogP contribution >= 0.6 is 0 Å². The van der Waals surface area contributed by atoms with E-state index in [1.54, 1.807) is 72.4 Å². The van der Waals surface area contributed by atoms with Crippen LogP contribution in [0.15, 0.2) is 72.8 Å². The smallest absolute Gasteiger partial charge is 0.254 e. The molecule has 0 aliphatic heterocycles. The van der Waals surface area contributed by atoms with Crippen LogP contribution in [-0.2, 0) is 13.1 Å². The van der Waals surface area contributed by atoms with Crippen LogP contribution in [0.3, 0.4) is 0 Å². The lowest BCUT2D eigenvalue weighted by atomic mass is 10.1. The fourth-order valence-corrected chi connectivity index (χ4v) is 3.52. The van der Waals surface area contributed by atoms with Gasteiger partial charge >= 0.3 is 0 Å². The number of amides is 2. The van der Waals surface area contributed by atoms with Crippen LogP contribution in [0.1, 0.15) is 52.6 Å². The molecule has 0 fully saturated rings. The maximum atomic E-state index is 12.8. The second-order valence-corrected chi connectivity index (χ2v) is 7.55. The molecule has 0 saturated heterocycles. The number of carbonyl (C=O) groups excluding carboxylic acids is 4. The number of aldehydes is 2. The van der Waals surface area contributed by atoms with E-state index in [0.717, 1.165) is 11.1 Å². The topological polar surface area (TPSA) is 74.8 Å². The van der Waals surface area contributed by atoms with Crippen molar-refractivity contribution in [1.82, 2.24) is 9.80 Å². The van der Waals surface area contributed by atoms with Gasteiger partial charge in [-0.2, -0.15) is 0 Å². The van der Waals surface area contributed by atoms with Gasteiger partial charge in [0.1, 0.15) is 0 Å². The monoisotopic (exact) mass is 428 g/mol. The lowest BCUT2D eigenvalue weighted by molar-refractivity contribution is 0.0778. The fraction of sp³-hybridized carbons (Fsp3) is 0.154. The third-order valence-corrected chi connectivity index (χ3v) is 5.16. The first kappa shape index (κ1) is 22.6. The molecule has 162 valence electrons.